The number of benzene rings is 1. The number of methoxy groups -OCH3 is 1. The number of carbonyl (C=O) groups excluding carboxylic acids is 1. The summed E-state index contributed by atoms with van der Waals surface area (Å²) < 4.78 is 6.90. The van der Waals surface area contributed by atoms with Gasteiger partial charge in [0.25, 0.3) is 5.91 Å². The summed E-state index contributed by atoms with van der Waals surface area (Å²) in [5.41, 5.74) is 1.98. The Morgan fingerprint density at radius 2 is 1.93 bits per heavy atom. The molecule has 0 spiro atoms. The van der Waals surface area contributed by atoms with Crippen LogP contribution in [-0.4, -0.2) is 45.8 Å². The van der Waals surface area contributed by atoms with Crippen LogP contribution in [0.4, 0.5) is 0 Å². The van der Waals surface area contributed by atoms with E-state index in [9.17, 15) is 4.79 Å². The van der Waals surface area contributed by atoms with E-state index >= 15 is 0 Å². The SMILES string of the molecule is COc1ccc(CCC2CCN(C(=O)c3ccc(-n4cccn4)nc3)CC2)cc1. The fraction of sp³-hybridized carbons (Fsp3) is 0.348. The summed E-state index contributed by atoms with van der Waals surface area (Å²) >= 11 is 0. The molecule has 1 amide bonds. The van der Waals surface area contributed by atoms with E-state index in [0.717, 1.165) is 44.5 Å². The molecule has 4 rings (SSSR count). The van der Waals surface area contributed by atoms with E-state index in [1.54, 1.807) is 24.2 Å². The predicted molar refractivity (Wildman–Crippen MR) is 111 cm³/mol. The lowest BCUT2D eigenvalue weighted by atomic mass is 9.90. The number of likely N-dealkylation sites (tertiary alicyclic amines) is 1. The Balaban J connectivity index is 1.27. The molecule has 6 heteroatoms. The summed E-state index contributed by atoms with van der Waals surface area (Å²) in [6, 6.07) is 13.8. The van der Waals surface area contributed by atoms with Crippen molar-refractivity contribution in [3.63, 3.8) is 0 Å². The van der Waals surface area contributed by atoms with E-state index in [1.807, 2.05) is 41.4 Å². The van der Waals surface area contributed by atoms with Gasteiger partial charge in [0.15, 0.2) is 5.82 Å². The van der Waals surface area contributed by atoms with Crippen LogP contribution in [0.15, 0.2) is 61.1 Å². The van der Waals surface area contributed by atoms with Gasteiger partial charge in [-0.05, 0) is 67.5 Å². The first-order valence-electron chi connectivity index (χ1n) is 10.1. The van der Waals surface area contributed by atoms with Crippen LogP contribution in [0.25, 0.3) is 5.82 Å². The zero-order valence-electron chi connectivity index (χ0n) is 16.7. The van der Waals surface area contributed by atoms with Crippen LogP contribution in [-0.2, 0) is 6.42 Å². The molecule has 0 radical (unpaired) electrons. The number of aromatic nitrogens is 3. The Morgan fingerprint density at radius 1 is 1.14 bits per heavy atom. The van der Waals surface area contributed by atoms with Crippen LogP contribution in [0.2, 0.25) is 0 Å². The number of ether oxygens (including phenoxy) is 1. The Labute approximate surface area is 171 Å². The van der Waals surface area contributed by atoms with E-state index in [1.165, 1.54) is 5.56 Å². The maximum Gasteiger partial charge on any atom is 0.255 e. The molecule has 1 aliphatic heterocycles. The van der Waals surface area contributed by atoms with Gasteiger partial charge in [0.2, 0.25) is 0 Å². The van der Waals surface area contributed by atoms with Gasteiger partial charge in [-0.2, -0.15) is 5.10 Å². The van der Waals surface area contributed by atoms with Crippen LogP contribution in [0.1, 0.15) is 35.2 Å². The third-order valence-corrected chi connectivity index (χ3v) is 5.64. The quantitative estimate of drug-likeness (QED) is 0.643. The fourth-order valence-electron chi connectivity index (χ4n) is 3.82. The van der Waals surface area contributed by atoms with Crippen molar-refractivity contribution in [1.82, 2.24) is 19.7 Å². The van der Waals surface area contributed by atoms with Crippen molar-refractivity contribution in [3.05, 3.63) is 72.2 Å². The molecule has 29 heavy (non-hydrogen) atoms. The van der Waals surface area contributed by atoms with E-state index in [0.29, 0.717) is 17.3 Å². The van der Waals surface area contributed by atoms with Gasteiger partial charge in [-0.3, -0.25) is 4.79 Å². The lowest BCUT2D eigenvalue weighted by Gasteiger charge is -2.32. The molecule has 1 fully saturated rings. The minimum atomic E-state index is 0.0677. The highest BCUT2D eigenvalue weighted by molar-refractivity contribution is 5.94. The number of pyridine rings is 1. The molecule has 0 bridgehead atoms. The molecule has 1 aromatic carbocycles. The van der Waals surface area contributed by atoms with E-state index < -0.39 is 0 Å². The summed E-state index contributed by atoms with van der Waals surface area (Å²) in [7, 11) is 1.69. The van der Waals surface area contributed by atoms with E-state index in [2.05, 4.69) is 22.2 Å². The summed E-state index contributed by atoms with van der Waals surface area (Å²) in [5, 5.41) is 4.16. The maximum atomic E-state index is 12.8. The van der Waals surface area contributed by atoms with Crippen LogP contribution >= 0.6 is 0 Å². The number of carbonyl (C=O) groups is 1. The van der Waals surface area contributed by atoms with Crippen molar-refractivity contribution in [1.29, 1.82) is 0 Å². The molecular weight excluding hydrogens is 364 g/mol. The molecule has 0 saturated carbocycles. The molecule has 6 nitrogen and oxygen atoms in total. The Morgan fingerprint density at radius 3 is 2.55 bits per heavy atom. The van der Waals surface area contributed by atoms with Gasteiger partial charge in [-0.15, -0.1) is 0 Å². The summed E-state index contributed by atoms with van der Waals surface area (Å²) in [4.78, 5) is 19.1. The molecule has 0 N–H and O–H groups in total. The topological polar surface area (TPSA) is 60.2 Å². The van der Waals surface area contributed by atoms with Crippen molar-refractivity contribution >= 4 is 5.91 Å². The minimum absolute atomic E-state index is 0.0677. The monoisotopic (exact) mass is 390 g/mol. The second-order valence-corrected chi connectivity index (χ2v) is 7.48. The third-order valence-electron chi connectivity index (χ3n) is 5.64. The standard InChI is InChI=1S/C23H26N4O2/c1-29-21-8-5-18(6-9-21)3-4-19-11-15-26(16-12-19)23(28)20-7-10-22(24-17-20)27-14-2-13-25-27/h2,5-10,13-14,17,19H,3-4,11-12,15-16H2,1H3. The van der Waals surface area contributed by atoms with Gasteiger partial charge in [0, 0.05) is 31.7 Å². The van der Waals surface area contributed by atoms with Crippen LogP contribution in [0.3, 0.4) is 0 Å². The number of hydrogen-bond acceptors (Lipinski definition) is 4. The second kappa shape index (κ2) is 8.90. The molecule has 150 valence electrons. The highest BCUT2D eigenvalue weighted by Gasteiger charge is 2.23. The number of piperidine rings is 1. The van der Waals surface area contributed by atoms with Gasteiger partial charge in [0.05, 0.1) is 12.7 Å². The third kappa shape index (κ3) is 4.65. The van der Waals surface area contributed by atoms with E-state index in [-0.39, 0.29) is 5.91 Å². The predicted octanol–water partition coefficient (Wildman–Crippen LogP) is 3.76. The molecule has 2 aromatic heterocycles. The number of rotatable bonds is 6. The van der Waals surface area contributed by atoms with Crippen LogP contribution < -0.4 is 4.74 Å². The van der Waals surface area contributed by atoms with Crippen molar-refractivity contribution < 1.29 is 9.53 Å². The van der Waals surface area contributed by atoms with E-state index in [4.69, 9.17) is 4.74 Å². The van der Waals surface area contributed by atoms with Crippen LogP contribution in [0.5, 0.6) is 5.75 Å². The Kier molecular flexibility index (Phi) is 5.89. The molecule has 0 aliphatic carbocycles. The van der Waals surface area contributed by atoms with Gasteiger partial charge in [0.1, 0.15) is 5.75 Å². The zero-order valence-corrected chi connectivity index (χ0v) is 16.7. The first kappa shape index (κ1) is 19.2. The van der Waals surface area contributed by atoms with Gasteiger partial charge >= 0.3 is 0 Å². The smallest absolute Gasteiger partial charge is 0.255 e. The average molecular weight is 390 g/mol. The Bertz CT molecular complexity index is 913. The zero-order chi connectivity index (χ0) is 20.1. The average Bonchev–Trinajstić information content (AvgIpc) is 3.33. The number of amides is 1. The van der Waals surface area contributed by atoms with Gasteiger partial charge < -0.3 is 9.64 Å². The first-order chi connectivity index (χ1) is 14.2. The van der Waals surface area contributed by atoms with Crippen molar-refractivity contribution in [3.8, 4) is 11.6 Å². The maximum absolute atomic E-state index is 12.8. The fourth-order valence-corrected chi connectivity index (χ4v) is 3.82. The molecule has 1 aliphatic rings. The highest BCUT2D eigenvalue weighted by atomic mass is 16.5. The lowest BCUT2D eigenvalue weighted by molar-refractivity contribution is 0.0686. The van der Waals surface area contributed by atoms with Crippen molar-refractivity contribution in [2.75, 3.05) is 20.2 Å². The van der Waals surface area contributed by atoms with Crippen LogP contribution in [0, 0.1) is 5.92 Å². The largest absolute Gasteiger partial charge is 0.497 e. The number of nitrogens with zero attached hydrogens (tertiary/aromatic N) is 4. The summed E-state index contributed by atoms with van der Waals surface area (Å²) in [6.07, 6.45) is 9.53. The molecular formula is C23H26N4O2. The summed E-state index contributed by atoms with van der Waals surface area (Å²) in [6.45, 7) is 1.63. The molecule has 3 aromatic rings. The van der Waals surface area contributed by atoms with Crippen molar-refractivity contribution in [2.45, 2.75) is 25.7 Å². The minimum Gasteiger partial charge on any atom is -0.497 e. The molecule has 3 heterocycles. The highest BCUT2D eigenvalue weighted by Crippen LogP contribution is 2.24. The Hall–Kier alpha value is -3.15. The summed E-state index contributed by atoms with van der Waals surface area (Å²) in [5.74, 6) is 2.34. The molecule has 0 atom stereocenters. The second-order valence-electron chi connectivity index (χ2n) is 7.48. The number of hydrogen-bond donors (Lipinski definition) is 0. The van der Waals surface area contributed by atoms with Gasteiger partial charge in [-0.25, -0.2) is 9.67 Å². The molecule has 0 unspecified atom stereocenters. The van der Waals surface area contributed by atoms with Crippen molar-refractivity contribution in [2.24, 2.45) is 5.92 Å². The molecule has 1 saturated heterocycles. The van der Waals surface area contributed by atoms with Gasteiger partial charge in [-0.1, -0.05) is 12.1 Å². The first-order valence-corrected chi connectivity index (χ1v) is 10.1. The lowest BCUT2D eigenvalue weighted by Crippen LogP contribution is -2.38. The normalized spacial score (nSPS) is 14.7. The number of aryl methyl sites for hydroxylation is 1.